The van der Waals surface area contributed by atoms with Crippen molar-refractivity contribution in [3.63, 3.8) is 0 Å². The number of unbranched alkanes of at least 4 members (excludes halogenated alkanes) is 15. The highest BCUT2D eigenvalue weighted by atomic mass is 33.9. The van der Waals surface area contributed by atoms with E-state index in [0.717, 1.165) is 67.2 Å². The van der Waals surface area contributed by atoms with Crippen LogP contribution in [0.1, 0.15) is 143 Å². The number of nitrogens with zero attached hydrogens (tertiary/aromatic N) is 1. The van der Waals surface area contributed by atoms with Crippen molar-refractivity contribution >= 4 is 101 Å². The maximum atomic E-state index is 6.71. The lowest BCUT2D eigenvalue weighted by molar-refractivity contribution is 0.0551. The van der Waals surface area contributed by atoms with E-state index >= 15 is 0 Å². The Morgan fingerprint density at radius 3 is 1.62 bits per heavy atom. The number of rotatable bonds is 35. The van der Waals surface area contributed by atoms with Crippen LogP contribution < -0.4 is 0 Å². The molecule has 0 spiro atoms. The molecule has 0 radical (unpaired) electrons. The fourth-order valence-corrected chi connectivity index (χ4v) is 23.5. The molecule has 0 aliphatic carbocycles. The Bertz CT molecular complexity index is 898. The zero-order chi connectivity index (χ0) is 33.5. The topological polar surface area (TPSA) is 40.6 Å². The summed E-state index contributed by atoms with van der Waals surface area (Å²) in [4.78, 5) is 4.71. The molecule has 47 heavy (non-hydrogen) atoms. The third-order valence-electron chi connectivity index (χ3n) is 7.71. The number of thiazole rings is 1. The van der Waals surface area contributed by atoms with Crippen molar-refractivity contribution in [2.24, 2.45) is 0 Å². The minimum Gasteiger partial charge on any atom is -0.373 e. The second-order valence-corrected chi connectivity index (χ2v) is 27.1. The predicted octanol–water partition coefficient (Wildman–Crippen LogP) is 15.7. The van der Waals surface area contributed by atoms with Crippen LogP contribution in [0, 0.1) is 0 Å². The van der Waals surface area contributed by atoms with Gasteiger partial charge >= 0.3 is 8.80 Å². The van der Waals surface area contributed by atoms with Crippen molar-refractivity contribution in [1.82, 2.24) is 4.98 Å². The monoisotopic (exact) mass is 815 g/mol. The summed E-state index contributed by atoms with van der Waals surface area (Å²) < 4.78 is 22.5. The molecular formula is C34H61NO3S8Si. The van der Waals surface area contributed by atoms with Crippen molar-refractivity contribution in [2.75, 3.05) is 25.6 Å². The molecule has 1 heterocycles. The molecule has 0 saturated heterocycles. The predicted molar refractivity (Wildman–Crippen MR) is 229 cm³/mol. The summed E-state index contributed by atoms with van der Waals surface area (Å²) in [6.07, 6.45) is 24.0. The third-order valence-corrected chi connectivity index (χ3v) is 24.9. The molecule has 2 aromatic rings. The Balaban J connectivity index is 1.74. The Morgan fingerprint density at radius 1 is 0.574 bits per heavy atom. The molecule has 0 aliphatic heterocycles. The van der Waals surface area contributed by atoms with Crippen LogP contribution in [-0.2, 0) is 13.3 Å². The first-order valence-electron chi connectivity index (χ1n) is 18.1. The SMILES string of the molecule is CCCCCCCCO[Si](CCCSSSSSSSc1nc2ccccc2s1)(OCCCCCCCC)OCCCCCCCC. The molecule has 0 saturated carbocycles. The van der Waals surface area contributed by atoms with Crippen molar-refractivity contribution < 1.29 is 13.3 Å². The van der Waals surface area contributed by atoms with Gasteiger partial charge in [0.25, 0.3) is 0 Å². The molecule has 4 nitrogen and oxygen atoms in total. The Labute approximate surface area is 319 Å². The highest BCUT2D eigenvalue weighted by Gasteiger charge is 2.40. The molecule has 2 rings (SSSR count). The normalized spacial score (nSPS) is 12.1. The summed E-state index contributed by atoms with van der Waals surface area (Å²) >= 11 is 1.77. The van der Waals surface area contributed by atoms with Crippen LogP contribution in [-0.4, -0.2) is 39.4 Å². The highest BCUT2D eigenvalue weighted by Crippen LogP contribution is 2.56. The van der Waals surface area contributed by atoms with Crippen molar-refractivity contribution in [3.8, 4) is 0 Å². The van der Waals surface area contributed by atoms with E-state index in [1.165, 1.54) is 101 Å². The van der Waals surface area contributed by atoms with E-state index in [0.29, 0.717) is 0 Å². The van der Waals surface area contributed by atoms with E-state index in [-0.39, 0.29) is 0 Å². The summed E-state index contributed by atoms with van der Waals surface area (Å²) in [6, 6.07) is 9.30. The Hall–Kier alpha value is 1.66. The second kappa shape index (κ2) is 32.3. The minimum atomic E-state index is -2.70. The van der Waals surface area contributed by atoms with Gasteiger partial charge in [0.15, 0.2) is 4.34 Å². The summed E-state index contributed by atoms with van der Waals surface area (Å²) in [5.74, 6) is 1.09. The average molecular weight is 816 g/mol. The van der Waals surface area contributed by atoms with Gasteiger partial charge in [0, 0.05) is 31.6 Å². The van der Waals surface area contributed by atoms with Crippen LogP contribution in [0.5, 0.6) is 0 Å². The van der Waals surface area contributed by atoms with Gasteiger partial charge in [-0.25, -0.2) is 4.98 Å². The molecule has 0 atom stereocenters. The first kappa shape index (κ1) is 44.8. The summed E-state index contributed by atoms with van der Waals surface area (Å²) in [6.45, 7) is 9.19. The van der Waals surface area contributed by atoms with E-state index < -0.39 is 8.80 Å². The molecule has 272 valence electrons. The van der Waals surface area contributed by atoms with E-state index in [9.17, 15) is 0 Å². The third kappa shape index (κ3) is 23.8. The number of benzene rings is 1. The molecular weight excluding hydrogens is 755 g/mol. The first-order chi connectivity index (χ1) is 23.2. The lowest BCUT2D eigenvalue weighted by atomic mass is 10.1. The average Bonchev–Trinajstić information content (AvgIpc) is 3.51. The largest absolute Gasteiger partial charge is 0.500 e. The minimum absolute atomic E-state index is 0.781. The van der Waals surface area contributed by atoms with Crippen molar-refractivity contribution in [2.45, 2.75) is 153 Å². The standard InChI is InChI=1S/C34H61NO3S8Si/c1-4-7-10-13-16-21-27-36-47(37-28-22-17-14-11-8-5-2,38-29-23-18-15-12-9-6-3)31-24-30-39-42-44-46-45-43-41-34-35-32-25-19-20-26-33(32)40-34/h19-20,25-26H,4-18,21-24,27-31H2,1-3H3. The summed E-state index contributed by atoms with van der Waals surface area (Å²) in [5.41, 5.74) is 1.10. The molecule has 13 heteroatoms. The second-order valence-electron chi connectivity index (χ2n) is 11.8. The molecule has 1 aromatic carbocycles. The van der Waals surface area contributed by atoms with Crippen LogP contribution in [0.4, 0.5) is 0 Å². The van der Waals surface area contributed by atoms with E-state index in [4.69, 9.17) is 18.3 Å². The van der Waals surface area contributed by atoms with Gasteiger partial charge in [-0.15, -0.1) is 11.3 Å². The first-order valence-corrected chi connectivity index (χ1v) is 29.9. The summed E-state index contributed by atoms with van der Waals surface area (Å²) in [5, 5.41) is 0. The van der Waals surface area contributed by atoms with Gasteiger partial charge < -0.3 is 13.3 Å². The highest BCUT2D eigenvalue weighted by molar-refractivity contribution is 9.46. The van der Waals surface area contributed by atoms with Crippen LogP contribution >= 0.6 is 82.1 Å². The van der Waals surface area contributed by atoms with Crippen LogP contribution in [0.25, 0.3) is 10.2 Å². The zero-order valence-electron chi connectivity index (χ0n) is 29.2. The van der Waals surface area contributed by atoms with Gasteiger partial charge in [-0.05, 0) is 97.7 Å². The van der Waals surface area contributed by atoms with Gasteiger partial charge in [0.05, 0.1) is 10.2 Å². The Kier molecular flexibility index (Phi) is 30.8. The van der Waals surface area contributed by atoms with E-state index in [1.54, 1.807) is 32.0 Å². The van der Waals surface area contributed by atoms with Crippen molar-refractivity contribution in [1.29, 1.82) is 0 Å². The molecule has 0 unspecified atom stereocenters. The maximum absolute atomic E-state index is 6.71. The quantitative estimate of drug-likeness (QED) is 0.0379. The van der Waals surface area contributed by atoms with Crippen LogP contribution in [0.2, 0.25) is 6.04 Å². The van der Waals surface area contributed by atoms with Gasteiger partial charge in [-0.3, -0.25) is 0 Å². The molecule has 0 N–H and O–H groups in total. The fraction of sp³-hybridized carbons (Fsp3) is 0.794. The zero-order valence-corrected chi connectivity index (χ0v) is 36.7. The van der Waals surface area contributed by atoms with Gasteiger partial charge in [-0.2, -0.15) is 0 Å². The van der Waals surface area contributed by atoms with E-state index in [1.807, 2.05) is 50.1 Å². The molecule has 0 fully saturated rings. The van der Waals surface area contributed by atoms with Crippen molar-refractivity contribution in [3.05, 3.63) is 24.3 Å². The lowest BCUT2D eigenvalue weighted by Crippen LogP contribution is -2.46. The Morgan fingerprint density at radius 2 is 1.06 bits per heavy atom. The number of aromatic nitrogens is 1. The number of hydrogen-bond donors (Lipinski definition) is 0. The fourth-order valence-electron chi connectivity index (χ4n) is 5.04. The smallest absolute Gasteiger partial charge is 0.373 e. The van der Waals surface area contributed by atoms with Gasteiger partial charge in [0.1, 0.15) is 0 Å². The van der Waals surface area contributed by atoms with Gasteiger partial charge in [-0.1, -0.05) is 140 Å². The maximum Gasteiger partial charge on any atom is 0.500 e. The number of fused-ring (bicyclic) bond motifs is 1. The van der Waals surface area contributed by atoms with Gasteiger partial charge in [0.2, 0.25) is 0 Å². The molecule has 0 aliphatic rings. The molecule has 0 amide bonds. The summed E-state index contributed by atoms with van der Waals surface area (Å²) in [7, 11) is 10.2. The van der Waals surface area contributed by atoms with Crippen LogP contribution in [0.3, 0.4) is 0 Å². The number of para-hydroxylation sites is 1. The van der Waals surface area contributed by atoms with E-state index in [2.05, 4.69) is 45.0 Å². The number of hydrogen-bond acceptors (Lipinski definition) is 12. The van der Waals surface area contributed by atoms with Crippen LogP contribution in [0.15, 0.2) is 28.6 Å². The lowest BCUT2D eigenvalue weighted by Gasteiger charge is -2.30. The molecule has 1 aromatic heterocycles. The molecule has 0 bridgehead atoms.